The fraction of sp³-hybridized carbons (Fsp3) is 0.381. The van der Waals surface area contributed by atoms with Crippen molar-refractivity contribution in [1.29, 1.82) is 0 Å². The van der Waals surface area contributed by atoms with Crippen LogP contribution >= 0.6 is 0 Å². The number of rotatable bonds is 8. The van der Waals surface area contributed by atoms with Crippen LogP contribution in [0.15, 0.2) is 34.0 Å². The van der Waals surface area contributed by atoms with Crippen molar-refractivity contribution in [1.82, 2.24) is 13.7 Å². The molecule has 0 saturated carbocycles. The Balaban J connectivity index is 1.97. The van der Waals surface area contributed by atoms with Gasteiger partial charge in [-0.15, -0.1) is 0 Å². The molecular formula is C21H26N4O6. The number of amides is 1. The highest BCUT2D eigenvalue weighted by molar-refractivity contribution is 5.92. The van der Waals surface area contributed by atoms with Crippen LogP contribution in [-0.4, -0.2) is 40.9 Å². The number of ether oxygens (including phenoxy) is 3. The third-order valence-electron chi connectivity index (χ3n) is 5.02. The van der Waals surface area contributed by atoms with Crippen molar-refractivity contribution in [2.45, 2.75) is 33.5 Å². The van der Waals surface area contributed by atoms with Gasteiger partial charge >= 0.3 is 5.69 Å². The highest BCUT2D eigenvalue weighted by Crippen LogP contribution is 2.39. The second-order valence-electron chi connectivity index (χ2n) is 6.72. The van der Waals surface area contributed by atoms with Crippen LogP contribution in [0.2, 0.25) is 0 Å². The number of aromatic nitrogens is 3. The van der Waals surface area contributed by atoms with Gasteiger partial charge in [0.15, 0.2) is 11.5 Å². The molecule has 0 unspecified atom stereocenters. The van der Waals surface area contributed by atoms with Crippen molar-refractivity contribution in [2.24, 2.45) is 0 Å². The topological polar surface area (TPSA) is 106 Å². The molecule has 0 radical (unpaired) electrons. The lowest BCUT2D eigenvalue weighted by molar-refractivity contribution is -0.116. The van der Waals surface area contributed by atoms with Crippen LogP contribution < -0.4 is 30.8 Å². The number of aryl methyl sites for hydroxylation is 1. The number of nitrogens with one attached hydrogen (secondary N) is 1. The maximum absolute atomic E-state index is 12.8. The van der Waals surface area contributed by atoms with E-state index in [0.717, 1.165) is 0 Å². The minimum absolute atomic E-state index is 0.0881. The van der Waals surface area contributed by atoms with Gasteiger partial charge < -0.3 is 24.1 Å². The van der Waals surface area contributed by atoms with Gasteiger partial charge in [0.25, 0.3) is 5.56 Å². The van der Waals surface area contributed by atoms with Gasteiger partial charge in [-0.3, -0.25) is 18.7 Å². The molecule has 1 aromatic carbocycles. The highest BCUT2D eigenvalue weighted by Gasteiger charge is 2.18. The van der Waals surface area contributed by atoms with Crippen LogP contribution in [0.25, 0.3) is 11.0 Å². The van der Waals surface area contributed by atoms with E-state index < -0.39 is 5.69 Å². The third-order valence-corrected chi connectivity index (χ3v) is 5.02. The second-order valence-corrected chi connectivity index (χ2v) is 6.72. The lowest BCUT2D eigenvalue weighted by atomic mass is 10.2. The molecule has 10 nitrogen and oxygen atoms in total. The van der Waals surface area contributed by atoms with Gasteiger partial charge in [0.05, 0.1) is 26.7 Å². The molecule has 2 heterocycles. The summed E-state index contributed by atoms with van der Waals surface area (Å²) < 4.78 is 20.2. The summed E-state index contributed by atoms with van der Waals surface area (Å²) in [6.45, 7) is 4.12. The van der Waals surface area contributed by atoms with E-state index in [1.165, 1.54) is 30.5 Å². The Hall–Kier alpha value is -3.69. The zero-order chi connectivity index (χ0) is 22.7. The summed E-state index contributed by atoms with van der Waals surface area (Å²) in [5, 5.41) is 3.18. The lowest BCUT2D eigenvalue weighted by Gasteiger charge is -2.15. The predicted octanol–water partition coefficient (Wildman–Crippen LogP) is 1.67. The summed E-state index contributed by atoms with van der Waals surface area (Å²) in [6.07, 6.45) is 1.63. The van der Waals surface area contributed by atoms with E-state index in [0.29, 0.717) is 40.5 Å². The number of hydrogen-bond acceptors (Lipinski definition) is 6. The molecule has 0 aliphatic heterocycles. The summed E-state index contributed by atoms with van der Waals surface area (Å²) >= 11 is 0. The van der Waals surface area contributed by atoms with Crippen LogP contribution in [0.5, 0.6) is 17.2 Å². The molecule has 0 bridgehead atoms. The monoisotopic (exact) mass is 430 g/mol. The van der Waals surface area contributed by atoms with Crippen molar-refractivity contribution in [3.63, 3.8) is 0 Å². The molecule has 10 heteroatoms. The van der Waals surface area contributed by atoms with Crippen molar-refractivity contribution < 1.29 is 19.0 Å². The molecule has 1 N–H and O–H groups in total. The van der Waals surface area contributed by atoms with E-state index in [-0.39, 0.29) is 24.6 Å². The molecule has 166 valence electrons. The molecule has 0 aliphatic carbocycles. The summed E-state index contributed by atoms with van der Waals surface area (Å²) in [5.74, 6) is 0.882. The Morgan fingerprint density at radius 1 is 0.968 bits per heavy atom. The maximum Gasteiger partial charge on any atom is 0.332 e. The Morgan fingerprint density at radius 2 is 1.58 bits per heavy atom. The zero-order valence-corrected chi connectivity index (χ0v) is 18.2. The van der Waals surface area contributed by atoms with E-state index in [4.69, 9.17) is 14.2 Å². The Morgan fingerprint density at radius 3 is 2.10 bits per heavy atom. The highest BCUT2D eigenvalue weighted by atomic mass is 16.5. The number of carbonyl (C=O) groups is 1. The third kappa shape index (κ3) is 3.88. The van der Waals surface area contributed by atoms with Crippen molar-refractivity contribution in [3.05, 3.63) is 45.2 Å². The molecule has 2 aromatic heterocycles. The summed E-state index contributed by atoms with van der Waals surface area (Å²) in [5.41, 5.74) is 0.114. The molecule has 0 atom stereocenters. The molecule has 3 rings (SSSR count). The molecule has 31 heavy (non-hydrogen) atoms. The number of methoxy groups -OCH3 is 3. The van der Waals surface area contributed by atoms with E-state index in [9.17, 15) is 14.4 Å². The molecule has 3 aromatic rings. The molecule has 0 aliphatic rings. The van der Waals surface area contributed by atoms with Gasteiger partial charge in [0.2, 0.25) is 11.7 Å². The van der Waals surface area contributed by atoms with Gasteiger partial charge in [-0.25, -0.2) is 4.79 Å². The van der Waals surface area contributed by atoms with Crippen LogP contribution in [-0.2, 0) is 24.4 Å². The van der Waals surface area contributed by atoms with E-state index in [1.807, 2.05) is 6.92 Å². The first kappa shape index (κ1) is 22.0. The number of hydrogen-bond donors (Lipinski definition) is 1. The first-order valence-corrected chi connectivity index (χ1v) is 9.82. The first-order valence-electron chi connectivity index (χ1n) is 9.82. The van der Waals surface area contributed by atoms with Gasteiger partial charge in [-0.1, -0.05) is 0 Å². The Bertz CT molecular complexity index is 1210. The number of benzene rings is 1. The summed E-state index contributed by atoms with van der Waals surface area (Å²) in [6, 6.07) is 4.87. The Labute approximate surface area is 178 Å². The lowest BCUT2D eigenvalue weighted by Crippen LogP contribution is -2.39. The quantitative estimate of drug-likeness (QED) is 0.583. The largest absolute Gasteiger partial charge is 0.493 e. The van der Waals surface area contributed by atoms with Gasteiger partial charge in [0.1, 0.15) is 12.2 Å². The van der Waals surface area contributed by atoms with E-state index >= 15 is 0 Å². The van der Waals surface area contributed by atoms with Crippen molar-refractivity contribution in [3.8, 4) is 17.2 Å². The number of anilines is 1. The standard InChI is InChI=1S/C21H26N4O6/c1-6-24-19-14(20(27)25(7-2)21(24)28)8-9-23(19)12-17(26)22-13-10-15(29-3)18(31-5)16(11-13)30-4/h8-11H,6-7,12H2,1-5H3,(H,22,26). The average Bonchev–Trinajstić information content (AvgIpc) is 3.17. The summed E-state index contributed by atoms with van der Waals surface area (Å²) in [4.78, 5) is 38.1. The Kier molecular flexibility index (Phi) is 6.38. The van der Waals surface area contributed by atoms with Gasteiger partial charge in [-0.2, -0.15) is 0 Å². The van der Waals surface area contributed by atoms with Gasteiger partial charge in [0, 0.05) is 37.1 Å². The van der Waals surface area contributed by atoms with E-state index in [1.54, 1.807) is 35.9 Å². The molecular weight excluding hydrogens is 404 g/mol. The van der Waals surface area contributed by atoms with Crippen LogP contribution in [0, 0.1) is 0 Å². The van der Waals surface area contributed by atoms with E-state index in [2.05, 4.69) is 5.32 Å². The van der Waals surface area contributed by atoms with Crippen molar-refractivity contribution >= 4 is 22.6 Å². The van der Waals surface area contributed by atoms with Crippen molar-refractivity contribution in [2.75, 3.05) is 26.6 Å². The fourth-order valence-electron chi connectivity index (χ4n) is 3.60. The average molecular weight is 430 g/mol. The molecule has 0 spiro atoms. The number of fused-ring (bicyclic) bond motifs is 1. The minimum Gasteiger partial charge on any atom is -0.493 e. The molecule has 1 amide bonds. The van der Waals surface area contributed by atoms with Crippen LogP contribution in [0.4, 0.5) is 5.69 Å². The van der Waals surface area contributed by atoms with Crippen LogP contribution in [0.1, 0.15) is 13.8 Å². The summed E-state index contributed by atoms with van der Waals surface area (Å²) in [7, 11) is 4.47. The first-order chi connectivity index (χ1) is 14.9. The molecule has 0 fully saturated rings. The number of carbonyl (C=O) groups excluding carboxylic acids is 1. The smallest absolute Gasteiger partial charge is 0.332 e. The van der Waals surface area contributed by atoms with Gasteiger partial charge in [-0.05, 0) is 19.9 Å². The fourth-order valence-corrected chi connectivity index (χ4v) is 3.60. The molecule has 0 saturated heterocycles. The number of nitrogens with zero attached hydrogens (tertiary/aromatic N) is 3. The predicted molar refractivity (Wildman–Crippen MR) is 117 cm³/mol. The normalized spacial score (nSPS) is 10.9. The second kappa shape index (κ2) is 8.99. The SMILES string of the molecule is CCn1c(=O)c2ccn(CC(=O)Nc3cc(OC)c(OC)c(OC)c3)c2n(CC)c1=O. The zero-order valence-electron chi connectivity index (χ0n) is 18.2. The minimum atomic E-state index is -0.396. The maximum atomic E-state index is 12.8. The van der Waals surface area contributed by atoms with Crippen LogP contribution in [0.3, 0.4) is 0 Å².